The fourth-order valence-corrected chi connectivity index (χ4v) is 2.21. The maximum Gasteiger partial charge on any atom is 0.259 e. The first-order chi connectivity index (χ1) is 11.4. The summed E-state index contributed by atoms with van der Waals surface area (Å²) in [5.41, 5.74) is 5.32. The highest BCUT2D eigenvalue weighted by Gasteiger charge is 2.23. The van der Waals surface area contributed by atoms with Gasteiger partial charge in [0, 0.05) is 13.6 Å². The van der Waals surface area contributed by atoms with Gasteiger partial charge in [0.25, 0.3) is 5.91 Å². The van der Waals surface area contributed by atoms with Gasteiger partial charge in [-0.1, -0.05) is 0 Å². The molecule has 0 bridgehead atoms. The molecule has 0 unspecified atom stereocenters. The van der Waals surface area contributed by atoms with Crippen molar-refractivity contribution in [2.75, 3.05) is 19.3 Å². The number of aromatic nitrogens is 2. The lowest BCUT2D eigenvalue weighted by Gasteiger charge is -2.17. The average molecular weight is 337 g/mol. The molecule has 1 heterocycles. The fraction of sp³-hybridized carbons (Fsp3) is 0.267. The third-order valence-electron chi connectivity index (χ3n) is 3.51. The molecule has 0 aliphatic carbocycles. The summed E-state index contributed by atoms with van der Waals surface area (Å²) in [4.78, 5) is 13.2. The quantitative estimate of drug-likeness (QED) is 0.815. The van der Waals surface area contributed by atoms with Gasteiger partial charge in [-0.05, 0) is 25.0 Å². The Balaban J connectivity index is 2.03. The number of nitrogens with one attached hydrogen (secondary N) is 1. The molecule has 24 heavy (non-hydrogen) atoms. The van der Waals surface area contributed by atoms with E-state index in [-0.39, 0.29) is 17.9 Å². The van der Waals surface area contributed by atoms with Crippen molar-refractivity contribution in [1.29, 1.82) is 5.26 Å². The number of nitrogen functional groups attached to an aromatic ring is 1. The van der Waals surface area contributed by atoms with Crippen LogP contribution in [0.15, 0.2) is 12.1 Å². The molecule has 0 spiro atoms. The zero-order valence-corrected chi connectivity index (χ0v) is 12.7. The minimum absolute atomic E-state index is 0.0841. The van der Waals surface area contributed by atoms with Gasteiger partial charge in [0.1, 0.15) is 23.0 Å². The van der Waals surface area contributed by atoms with Crippen LogP contribution < -0.4 is 5.73 Å². The van der Waals surface area contributed by atoms with E-state index in [1.54, 1.807) is 0 Å². The second kappa shape index (κ2) is 7.04. The van der Waals surface area contributed by atoms with E-state index in [4.69, 9.17) is 11.0 Å². The Hall–Kier alpha value is -3.02. The molecule has 1 amide bonds. The largest absolute Gasteiger partial charge is 0.381 e. The first-order valence-corrected chi connectivity index (χ1v) is 6.98. The van der Waals surface area contributed by atoms with Crippen molar-refractivity contribution in [2.45, 2.75) is 12.8 Å². The van der Waals surface area contributed by atoms with Crippen LogP contribution in [0, 0.1) is 28.8 Å². The van der Waals surface area contributed by atoms with E-state index in [9.17, 15) is 18.0 Å². The number of aromatic amines is 1. The highest BCUT2D eigenvalue weighted by Crippen LogP contribution is 2.18. The van der Waals surface area contributed by atoms with Crippen LogP contribution in [0.2, 0.25) is 0 Å². The Morgan fingerprint density at radius 1 is 1.38 bits per heavy atom. The highest BCUT2D eigenvalue weighted by molar-refractivity contribution is 5.94. The van der Waals surface area contributed by atoms with E-state index < -0.39 is 28.9 Å². The number of halogens is 3. The zero-order chi connectivity index (χ0) is 17.9. The number of aryl methyl sites for hydroxylation is 1. The van der Waals surface area contributed by atoms with Crippen LogP contribution in [-0.4, -0.2) is 34.6 Å². The molecule has 9 heteroatoms. The Labute approximate surface area is 135 Å². The summed E-state index contributed by atoms with van der Waals surface area (Å²) in [5.74, 6) is -4.81. The Bertz CT molecular complexity index is 812. The fourth-order valence-electron chi connectivity index (χ4n) is 2.21. The monoisotopic (exact) mass is 337 g/mol. The van der Waals surface area contributed by atoms with Crippen LogP contribution in [0.4, 0.5) is 19.0 Å². The molecule has 0 aliphatic heterocycles. The van der Waals surface area contributed by atoms with Gasteiger partial charge in [0.15, 0.2) is 17.5 Å². The van der Waals surface area contributed by atoms with E-state index in [1.807, 2.05) is 6.07 Å². The Morgan fingerprint density at radius 3 is 2.71 bits per heavy atom. The molecule has 3 N–H and O–H groups in total. The molecule has 1 aromatic carbocycles. The number of nitriles is 1. The number of hydrogen-bond acceptors (Lipinski definition) is 4. The molecule has 2 rings (SSSR count). The van der Waals surface area contributed by atoms with Crippen LogP contribution in [0.1, 0.15) is 28.0 Å². The van der Waals surface area contributed by atoms with Crippen LogP contribution in [0.3, 0.4) is 0 Å². The lowest BCUT2D eigenvalue weighted by molar-refractivity contribution is 0.0782. The number of hydrogen-bond donors (Lipinski definition) is 2. The van der Waals surface area contributed by atoms with E-state index in [0.717, 1.165) is 4.90 Å². The van der Waals surface area contributed by atoms with Gasteiger partial charge in [0.2, 0.25) is 0 Å². The summed E-state index contributed by atoms with van der Waals surface area (Å²) in [5, 5.41) is 15.3. The Kier molecular flexibility index (Phi) is 5.08. The number of rotatable bonds is 5. The van der Waals surface area contributed by atoms with Gasteiger partial charge in [-0.25, -0.2) is 13.2 Å². The number of nitrogens with zero attached hydrogens (tertiary/aromatic N) is 3. The first kappa shape index (κ1) is 17.3. The van der Waals surface area contributed by atoms with Gasteiger partial charge in [-0.15, -0.1) is 0 Å². The second-order valence-electron chi connectivity index (χ2n) is 5.12. The normalized spacial score (nSPS) is 10.5. The van der Waals surface area contributed by atoms with E-state index >= 15 is 0 Å². The minimum Gasteiger partial charge on any atom is -0.381 e. The van der Waals surface area contributed by atoms with Crippen molar-refractivity contribution in [3.8, 4) is 6.07 Å². The second-order valence-corrected chi connectivity index (χ2v) is 5.12. The molecule has 2 aromatic rings. The molecule has 0 saturated carbocycles. The third-order valence-corrected chi connectivity index (χ3v) is 3.51. The van der Waals surface area contributed by atoms with Crippen LogP contribution in [0.25, 0.3) is 0 Å². The van der Waals surface area contributed by atoms with Crippen molar-refractivity contribution in [2.24, 2.45) is 0 Å². The van der Waals surface area contributed by atoms with Gasteiger partial charge in [-0.2, -0.15) is 10.4 Å². The molecule has 1 aromatic heterocycles. The number of benzene rings is 1. The predicted molar refractivity (Wildman–Crippen MR) is 79.3 cm³/mol. The summed E-state index contributed by atoms with van der Waals surface area (Å²) in [7, 11) is 1.35. The van der Waals surface area contributed by atoms with Crippen molar-refractivity contribution in [1.82, 2.24) is 15.1 Å². The van der Waals surface area contributed by atoms with Gasteiger partial charge in [0.05, 0.1) is 5.69 Å². The van der Waals surface area contributed by atoms with Crippen molar-refractivity contribution < 1.29 is 18.0 Å². The third kappa shape index (κ3) is 3.32. The molecular weight excluding hydrogens is 323 g/mol. The molecule has 0 saturated heterocycles. The number of H-pyrrole nitrogens is 1. The standard InChI is InChI=1S/C15H14F3N5O/c1-23(6-2-3-11-8(7-19)14(20)22-21-11)15(24)12-9(16)4-5-10(17)13(12)18/h4-5H,2-3,6H2,1H3,(H3,20,21,22). The molecule has 126 valence electrons. The number of nitrogens with two attached hydrogens (primary N) is 1. The van der Waals surface area contributed by atoms with E-state index in [1.165, 1.54) is 7.05 Å². The smallest absolute Gasteiger partial charge is 0.259 e. The molecular formula is C15H14F3N5O. The topological polar surface area (TPSA) is 98.8 Å². The molecule has 0 atom stereocenters. The minimum atomic E-state index is -1.51. The lowest BCUT2D eigenvalue weighted by Crippen LogP contribution is -2.30. The highest BCUT2D eigenvalue weighted by atomic mass is 19.2. The summed E-state index contributed by atoms with van der Waals surface area (Å²) >= 11 is 0. The van der Waals surface area contributed by atoms with Gasteiger partial charge < -0.3 is 10.6 Å². The number of amides is 1. The Morgan fingerprint density at radius 2 is 2.04 bits per heavy atom. The van der Waals surface area contributed by atoms with E-state index in [2.05, 4.69) is 10.2 Å². The predicted octanol–water partition coefficient (Wildman–Crippen LogP) is 1.99. The van der Waals surface area contributed by atoms with Crippen molar-refractivity contribution in [3.63, 3.8) is 0 Å². The first-order valence-electron chi connectivity index (χ1n) is 6.98. The molecule has 0 fully saturated rings. The van der Waals surface area contributed by atoms with Crippen LogP contribution in [0.5, 0.6) is 0 Å². The van der Waals surface area contributed by atoms with Crippen molar-refractivity contribution >= 4 is 11.7 Å². The van der Waals surface area contributed by atoms with Gasteiger partial charge in [-0.3, -0.25) is 9.89 Å². The number of carbonyl (C=O) groups is 1. The SMILES string of the molecule is CN(CCCc1[nH]nc(N)c1C#N)C(=O)c1c(F)ccc(F)c1F. The molecule has 6 nitrogen and oxygen atoms in total. The van der Waals surface area contributed by atoms with Gasteiger partial charge >= 0.3 is 0 Å². The number of carbonyl (C=O) groups excluding carboxylic acids is 1. The van der Waals surface area contributed by atoms with E-state index in [0.29, 0.717) is 30.7 Å². The summed E-state index contributed by atoms with van der Waals surface area (Å²) < 4.78 is 40.4. The van der Waals surface area contributed by atoms with Crippen LogP contribution in [-0.2, 0) is 6.42 Å². The average Bonchev–Trinajstić information content (AvgIpc) is 2.91. The maximum absolute atomic E-state index is 13.6. The van der Waals surface area contributed by atoms with Crippen LogP contribution >= 0.6 is 0 Å². The zero-order valence-electron chi connectivity index (χ0n) is 12.7. The van der Waals surface area contributed by atoms with Crippen molar-refractivity contribution in [3.05, 3.63) is 46.4 Å². The molecule has 0 aliphatic rings. The summed E-state index contributed by atoms with van der Waals surface area (Å²) in [6.07, 6.45) is 0.746. The summed E-state index contributed by atoms with van der Waals surface area (Å²) in [6.45, 7) is 0.137. The summed E-state index contributed by atoms with van der Waals surface area (Å²) in [6, 6.07) is 3.23. The number of anilines is 1. The molecule has 0 radical (unpaired) electrons. The maximum atomic E-state index is 13.6. The lowest BCUT2D eigenvalue weighted by atomic mass is 10.1.